The molecule has 1 aromatic rings. The monoisotopic (exact) mass is 269 g/mol. The van der Waals surface area contributed by atoms with Crippen molar-refractivity contribution in [3.8, 4) is 11.5 Å². The molecule has 102 valence electrons. The van der Waals surface area contributed by atoms with E-state index in [1.807, 2.05) is 24.8 Å². The van der Waals surface area contributed by atoms with E-state index in [-0.39, 0.29) is 10.8 Å². The summed E-state index contributed by atoms with van der Waals surface area (Å²) in [5.74, 6) is 1.07. The standard InChI is InChI=1S/C14H23NO2S/c1-10(15-9-14(2,3)18-5)12-8-11(17-4)6-7-13(12)16/h6-8,10,15-16H,9H2,1-5H3. The fraction of sp³-hybridized carbons (Fsp3) is 0.571. The minimum absolute atomic E-state index is 0.0894. The number of nitrogens with one attached hydrogen (secondary N) is 1. The molecule has 0 spiro atoms. The van der Waals surface area contributed by atoms with Crippen molar-refractivity contribution in [2.75, 3.05) is 19.9 Å². The fourth-order valence-corrected chi connectivity index (χ4v) is 1.82. The molecule has 0 heterocycles. The summed E-state index contributed by atoms with van der Waals surface area (Å²) < 4.78 is 5.37. The Labute approximate surface area is 114 Å². The van der Waals surface area contributed by atoms with Gasteiger partial charge in [0.25, 0.3) is 0 Å². The van der Waals surface area contributed by atoms with E-state index in [0.717, 1.165) is 17.9 Å². The van der Waals surface area contributed by atoms with Crippen molar-refractivity contribution in [1.82, 2.24) is 5.32 Å². The molecule has 0 aromatic heterocycles. The van der Waals surface area contributed by atoms with Crippen LogP contribution in [0.25, 0.3) is 0 Å². The number of benzene rings is 1. The maximum atomic E-state index is 9.89. The lowest BCUT2D eigenvalue weighted by molar-refractivity contribution is 0.407. The molecule has 0 fully saturated rings. The van der Waals surface area contributed by atoms with E-state index in [1.54, 1.807) is 19.2 Å². The first-order valence-corrected chi connectivity index (χ1v) is 7.27. The van der Waals surface area contributed by atoms with Crippen molar-refractivity contribution in [3.63, 3.8) is 0 Å². The molecule has 1 unspecified atom stereocenters. The Morgan fingerprint density at radius 2 is 2.11 bits per heavy atom. The molecule has 4 heteroatoms. The van der Waals surface area contributed by atoms with Gasteiger partial charge < -0.3 is 15.2 Å². The van der Waals surface area contributed by atoms with Crippen LogP contribution < -0.4 is 10.1 Å². The van der Waals surface area contributed by atoms with Crippen LogP contribution in [0.3, 0.4) is 0 Å². The number of hydrogen-bond donors (Lipinski definition) is 2. The van der Waals surface area contributed by atoms with Crippen LogP contribution in [0, 0.1) is 0 Å². The lowest BCUT2D eigenvalue weighted by atomic mass is 10.1. The smallest absolute Gasteiger partial charge is 0.120 e. The van der Waals surface area contributed by atoms with Crippen molar-refractivity contribution in [2.45, 2.75) is 31.6 Å². The molecule has 0 aliphatic rings. The zero-order chi connectivity index (χ0) is 13.8. The summed E-state index contributed by atoms with van der Waals surface area (Å²) in [5.41, 5.74) is 0.867. The summed E-state index contributed by atoms with van der Waals surface area (Å²) in [5, 5.41) is 13.3. The summed E-state index contributed by atoms with van der Waals surface area (Å²) >= 11 is 1.83. The third-order valence-electron chi connectivity index (χ3n) is 3.09. The van der Waals surface area contributed by atoms with E-state index >= 15 is 0 Å². The predicted molar refractivity (Wildman–Crippen MR) is 78.7 cm³/mol. The highest BCUT2D eigenvalue weighted by Gasteiger charge is 2.18. The summed E-state index contributed by atoms with van der Waals surface area (Å²) in [6, 6.07) is 5.40. The third kappa shape index (κ3) is 4.10. The molecular formula is C14H23NO2S. The quantitative estimate of drug-likeness (QED) is 0.832. The van der Waals surface area contributed by atoms with E-state index in [9.17, 15) is 5.11 Å². The highest BCUT2D eigenvalue weighted by Crippen LogP contribution is 2.29. The largest absolute Gasteiger partial charge is 0.508 e. The van der Waals surface area contributed by atoms with Gasteiger partial charge in [0, 0.05) is 22.9 Å². The van der Waals surface area contributed by atoms with Gasteiger partial charge in [0.2, 0.25) is 0 Å². The minimum atomic E-state index is 0.0894. The van der Waals surface area contributed by atoms with Gasteiger partial charge in [0.1, 0.15) is 11.5 Å². The maximum Gasteiger partial charge on any atom is 0.120 e. The lowest BCUT2D eigenvalue weighted by Gasteiger charge is -2.25. The summed E-state index contributed by atoms with van der Waals surface area (Å²) in [6.07, 6.45) is 2.11. The molecule has 0 saturated heterocycles. The molecule has 0 aliphatic heterocycles. The molecule has 1 rings (SSSR count). The zero-order valence-electron chi connectivity index (χ0n) is 11.8. The fourth-order valence-electron chi connectivity index (χ4n) is 1.59. The van der Waals surface area contributed by atoms with Gasteiger partial charge in [-0.15, -0.1) is 0 Å². The van der Waals surface area contributed by atoms with Crippen LogP contribution in [0.2, 0.25) is 0 Å². The maximum absolute atomic E-state index is 9.89. The highest BCUT2D eigenvalue weighted by molar-refractivity contribution is 7.99. The average Bonchev–Trinajstić information content (AvgIpc) is 2.36. The van der Waals surface area contributed by atoms with Gasteiger partial charge in [0.15, 0.2) is 0 Å². The van der Waals surface area contributed by atoms with E-state index in [1.165, 1.54) is 0 Å². The Morgan fingerprint density at radius 1 is 1.44 bits per heavy atom. The van der Waals surface area contributed by atoms with Gasteiger partial charge in [-0.05, 0) is 45.2 Å². The second-order valence-electron chi connectivity index (χ2n) is 4.99. The van der Waals surface area contributed by atoms with Crippen LogP contribution in [0.5, 0.6) is 11.5 Å². The number of aromatic hydroxyl groups is 1. The number of ether oxygens (including phenoxy) is 1. The molecule has 0 saturated carbocycles. The molecule has 0 bridgehead atoms. The molecule has 1 aromatic carbocycles. The van der Waals surface area contributed by atoms with Gasteiger partial charge in [-0.3, -0.25) is 0 Å². The molecular weight excluding hydrogens is 246 g/mol. The van der Waals surface area contributed by atoms with Crippen LogP contribution in [-0.4, -0.2) is 29.8 Å². The number of methoxy groups -OCH3 is 1. The van der Waals surface area contributed by atoms with Crippen molar-refractivity contribution in [3.05, 3.63) is 23.8 Å². The molecule has 0 radical (unpaired) electrons. The number of thioether (sulfide) groups is 1. The Morgan fingerprint density at radius 3 is 2.67 bits per heavy atom. The molecule has 3 nitrogen and oxygen atoms in total. The van der Waals surface area contributed by atoms with Crippen LogP contribution >= 0.6 is 11.8 Å². The second-order valence-corrected chi connectivity index (χ2v) is 6.50. The van der Waals surface area contributed by atoms with Crippen molar-refractivity contribution in [2.24, 2.45) is 0 Å². The zero-order valence-corrected chi connectivity index (χ0v) is 12.6. The number of hydrogen-bond acceptors (Lipinski definition) is 4. The molecule has 1 atom stereocenters. The Kier molecular flexibility index (Phi) is 5.35. The van der Waals surface area contributed by atoms with Gasteiger partial charge in [-0.1, -0.05) is 0 Å². The first kappa shape index (κ1) is 15.2. The minimum Gasteiger partial charge on any atom is -0.508 e. The van der Waals surface area contributed by atoms with Crippen molar-refractivity contribution < 1.29 is 9.84 Å². The second kappa shape index (κ2) is 6.34. The Hall–Kier alpha value is -0.870. The van der Waals surface area contributed by atoms with Crippen LogP contribution in [-0.2, 0) is 0 Å². The van der Waals surface area contributed by atoms with Crippen LogP contribution in [0.1, 0.15) is 32.4 Å². The summed E-state index contributed by atoms with van der Waals surface area (Å²) in [4.78, 5) is 0. The van der Waals surface area contributed by atoms with Crippen LogP contribution in [0.4, 0.5) is 0 Å². The van der Waals surface area contributed by atoms with E-state index < -0.39 is 0 Å². The molecule has 0 aliphatic carbocycles. The van der Waals surface area contributed by atoms with Gasteiger partial charge >= 0.3 is 0 Å². The molecule has 0 amide bonds. The predicted octanol–water partition coefficient (Wildman–Crippen LogP) is 3.19. The number of phenols is 1. The van der Waals surface area contributed by atoms with E-state index in [0.29, 0.717) is 5.75 Å². The van der Waals surface area contributed by atoms with E-state index in [4.69, 9.17) is 4.74 Å². The van der Waals surface area contributed by atoms with Crippen molar-refractivity contribution in [1.29, 1.82) is 0 Å². The SMILES string of the molecule is COc1ccc(O)c(C(C)NCC(C)(C)SC)c1. The number of phenolic OH excluding ortho intramolecular Hbond substituents is 1. The van der Waals surface area contributed by atoms with Gasteiger partial charge in [0.05, 0.1) is 7.11 Å². The van der Waals surface area contributed by atoms with Crippen LogP contribution in [0.15, 0.2) is 18.2 Å². The van der Waals surface area contributed by atoms with Gasteiger partial charge in [-0.25, -0.2) is 0 Å². The Balaban J connectivity index is 2.74. The normalized spacial score (nSPS) is 13.4. The first-order chi connectivity index (χ1) is 8.39. The lowest BCUT2D eigenvalue weighted by Crippen LogP contribution is -2.33. The first-order valence-electron chi connectivity index (χ1n) is 6.05. The van der Waals surface area contributed by atoms with E-state index in [2.05, 4.69) is 25.4 Å². The van der Waals surface area contributed by atoms with Crippen molar-refractivity contribution >= 4 is 11.8 Å². The highest BCUT2D eigenvalue weighted by atomic mass is 32.2. The van der Waals surface area contributed by atoms with Gasteiger partial charge in [-0.2, -0.15) is 11.8 Å². The average molecular weight is 269 g/mol. The third-order valence-corrected chi connectivity index (χ3v) is 4.34. The Bertz CT molecular complexity index is 393. The number of rotatable bonds is 6. The molecule has 2 N–H and O–H groups in total. The topological polar surface area (TPSA) is 41.5 Å². The summed E-state index contributed by atoms with van der Waals surface area (Å²) in [7, 11) is 1.63. The summed E-state index contributed by atoms with van der Waals surface area (Å²) in [6.45, 7) is 7.32. The molecule has 18 heavy (non-hydrogen) atoms.